The highest BCUT2D eigenvalue weighted by atomic mass is 16.6. The van der Waals surface area contributed by atoms with E-state index in [2.05, 4.69) is 5.16 Å². The van der Waals surface area contributed by atoms with Gasteiger partial charge < -0.3 is 20.4 Å². The maximum atomic E-state index is 10.1. The third kappa shape index (κ3) is 5.59. The van der Waals surface area contributed by atoms with E-state index >= 15 is 0 Å². The molecule has 0 spiro atoms. The molecule has 0 amide bonds. The fraction of sp³-hybridized carbons (Fsp3) is 0.667. The molecule has 0 aromatic rings. The summed E-state index contributed by atoms with van der Waals surface area (Å²) in [6.45, 7) is 0. The van der Waals surface area contributed by atoms with Crippen LogP contribution in [0.1, 0.15) is 25.7 Å². The van der Waals surface area contributed by atoms with E-state index in [1.165, 1.54) is 0 Å². The lowest BCUT2D eigenvalue weighted by atomic mass is 10.2. The summed E-state index contributed by atoms with van der Waals surface area (Å²) in [7, 11) is 0. The van der Waals surface area contributed by atoms with Gasteiger partial charge in [0.2, 0.25) is 0 Å². The van der Waals surface area contributed by atoms with Gasteiger partial charge in [0.1, 0.15) is 5.16 Å². The Kier molecular flexibility index (Phi) is 5.17. The number of rotatable bonds is 5. The summed E-state index contributed by atoms with van der Waals surface area (Å²) in [5, 5.41) is 28.9. The van der Waals surface area contributed by atoms with Gasteiger partial charge in [-0.05, 0) is 17.8 Å². The highest BCUT2D eigenvalue weighted by Crippen LogP contribution is 2.01. The molecule has 0 radical (unpaired) electrons. The largest absolute Gasteiger partial charge is 0.481 e. The molecule has 0 saturated carbocycles. The number of nitro groups is 1. The van der Waals surface area contributed by atoms with E-state index in [-0.39, 0.29) is 12.8 Å². The Bertz CT molecular complexity index is 225. The lowest BCUT2D eigenvalue weighted by Crippen LogP contribution is -2.11. The Labute approximate surface area is 73.8 Å². The smallest absolute Gasteiger partial charge is 0.385 e. The number of unbranched alkanes of at least 4 members (excludes halogenated alkanes) is 1. The number of nitrogens with zero attached hydrogens (tertiary/aromatic N) is 2. The molecule has 0 unspecified atom stereocenters. The van der Waals surface area contributed by atoms with Crippen molar-refractivity contribution in [2.45, 2.75) is 25.7 Å². The summed E-state index contributed by atoms with van der Waals surface area (Å²) in [5.74, 6) is -1.48. The van der Waals surface area contributed by atoms with E-state index in [9.17, 15) is 14.9 Å². The second kappa shape index (κ2) is 5.92. The summed E-state index contributed by atoms with van der Waals surface area (Å²) >= 11 is 0. The van der Waals surface area contributed by atoms with Crippen LogP contribution in [-0.2, 0) is 4.79 Å². The molecule has 0 fully saturated rings. The molecule has 7 nitrogen and oxygen atoms in total. The second-order valence-corrected chi connectivity index (χ2v) is 2.37. The average Bonchev–Trinajstić information content (AvgIpc) is 2.03. The summed E-state index contributed by atoms with van der Waals surface area (Å²) in [6.07, 6.45) is 0.613. The van der Waals surface area contributed by atoms with Gasteiger partial charge in [-0.15, -0.1) is 0 Å². The number of oxime groups is 1. The Morgan fingerprint density at radius 2 is 1.92 bits per heavy atom. The zero-order chi connectivity index (χ0) is 10.3. The molecule has 2 N–H and O–H groups in total. The summed E-state index contributed by atoms with van der Waals surface area (Å²) < 4.78 is 0. The molecule has 0 aliphatic heterocycles. The Balaban J connectivity index is 3.63. The lowest BCUT2D eigenvalue weighted by molar-refractivity contribution is -0.355. The first-order valence-corrected chi connectivity index (χ1v) is 3.65. The molecule has 0 rings (SSSR count). The van der Waals surface area contributed by atoms with Crippen LogP contribution in [0.4, 0.5) is 0 Å². The third-order valence-electron chi connectivity index (χ3n) is 1.37. The Hall–Kier alpha value is -1.66. The quantitative estimate of drug-likeness (QED) is 0.165. The predicted molar refractivity (Wildman–Crippen MR) is 42.3 cm³/mol. The predicted octanol–water partition coefficient (Wildman–Crippen LogP) is 0.696. The summed E-state index contributed by atoms with van der Waals surface area (Å²) in [6, 6.07) is 0. The normalized spacial score (nSPS) is 11.2. The lowest BCUT2D eigenvalue weighted by Gasteiger charge is -1.95. The molecule has 0 atom stereocenters. The van der Waals surface area contributed by atoms with Crippen molar-refractivity contribution in [1.82, 2.24) is 0 Å². The zero-order valence-corrected chi connectivity index (χ0v) is 6.84. The third-order valence-corrected chi connectivity index (χ3v) is 1.37. The highest BCUT2D eigenvalue weighted by molar-refractivity contribution is 5.73. The van der Waals surface area contributed by atoms with Crippen molar-refractivity contribution in [2.24, 2.45) is 5.16 Å². The van der Waals surface area contributed by atoms with Crippen LogP contribution >= 0.6 is 0 Å². The van der Waals surface area contributed by atoms with Gasteiger partial charge in [-0.2, -0.15) is 0 Å². The molecule has 0 aromatic carbocycles. The van der Waals surface area contributed by atoms with Gasteiger partial charge in [-0.1, -0.05) is 0 Å². The first-order valence-electron chi connectivity index (χ1n) is 3.65. The van der Waals surface area contributed by atoms with E-state index in [0.29, 0.717) is 12.8 Å². The van der Waals surface area contributed by atoms with Crippen molar-refractivity contribution in [2.75, 3.05) is 0 Å². The first kappa shape index (κ1) is 11.3. The van der Waals surface area contributed by atoms with Gasteiger partial charge in [-0.25, -0.2) is 0 Å². The number of hydrogen-bond donors (Lipinski definition) is 2. The van der Waals surface area contributed by atoms with Crippen LogP contribution in [0.15, 0.2) is 5.16 Å². The molecule has 74 valence electrons. The van der Waals surface area contributed by atoms with Crippen molar-refractivity contribution in [3.8, 4) is 0 Å². The molecule has 0 aliphatic rings. The maximum Gasteiger partial charge on any atom is 0.385 e. The number of carbonyl (C=O) groups is 1. The van der Waals surface area contributed by atoms with Crippen LogP contribution in [0.3, 0.4) is 0 Å². The average molecular weight is 190 g/mol. The van der Waals surface area contributed by atoms with Gasteiger partial charge >= 0.3 is 11.8 Å². The number of carboxylic acids is 1. The molecule has 13 heavy (non-hydrogen) atoms. The Morgan fingerprint density at radius 3 is 2.31 bits per heavy atom. The van der Waals surface area contributed by atoms with Crippen LogP contribution in [0, 0.1) is 10.1 Å². The van der Waals surface area contributed by atoms with Crippen molar-refractivity contribution in [3.05, 3.63) is 10.1 Å². The molecule has 0 aromatic heterocycles. The standard InChI is InChI=1S/C6H10N2O5/c9-6(10)4-2-1-3-5(7-11)8(12)13/h11H,1-4H2,(H,9,10). The second-order valence-electron chi connectivity index (χ2n) is 2.37. The molecular weight excluding hydrogens is 180 g/mol. The maximum absolute atomic E-state index is 10.1. The van der Waals surface area contributed by atoms with Crippen molar-refractivity contribution < 1.29 is 20.0 Å². The molecule has 7 heteroatoms. The number of aliphatic carboxylic acids is 1. The van der Waals surface area contributed by atoms with E-state index in [1.807, 2.05) is 0 Å². The minimum absolute atomic E-state index is 0.0171. The van der Waals surface area contributed by atoms with Gasteiger partial charge in [0.15, 0.2) is 0 Å². The van der Waals surface area contributed by atoms with Gasteiger partial charge in [-0.3, -0.25) is 4.79 Å². The van der Waals surface area contributed by atoms with Crippen LogP contribution in [0.5, 0.6) is 0 Å². The molecule has 0 heterocycles. The van der Waals surface area contributed by atoms with Gasteiger partial charge in [0, 0.05) is 6.42 Å². The summed E-state index contributed by atoms with van der Waals surface area (Å²) in [5.41, 5.74) is 0. The fourth-order valence-corrected chi connectivity index (χ4v) is 0.737. The number of hydrogen-bond acceptors (Lipinski definition) is 5. The van der Waals surface area contributed by atoms with Crippen LogP contribution < -0.4 is 0 Å². The van der Waals surface area contributed by atoms with E-state index < -0.39 is 16.7 Å². The van der Waals surface area contributed by atoms with Crippen molar-refractivity contribution in [3.63, 3.8) is 0 Å². The number of carboxylic acid groups (broad SMARTS) is 1. The highest BCUT2D eigenvalue weighted by Gasteiger charge is 2.12. The molecular formula is C6H10N2O5. The van der Waals surface area contributed by atoms with E-state index in [1.54, 1.807) is 0 Å². The van der Waals surface area contributed by atoms with Crippen LogP contribution in [0.2, 0.25) is 0 Å². The minimum Gasteiger partial charge on any atom is -0.481 e. The minimum atomic E-state index is -0.941. The fourth-order valence-electron chi connectivity index (χ4n) is 0.737. The SMILES string of the molecule is O=C(O)CCCCC(=NO)[N+](=O)[O-]. The van der Waals surface area contributed by atoms with Gasteiger partial charge in [0.05, 0.1) is 6.42 Å². The molecule has 0 bridgehead atoms. The van der Waals surface area contributed by atoms with E-state index in [4.69, 9.17) is 10.3 Å². The zero-order valence-electron chi connectivity index (χ0n) is 6.84. The van der Waals surface area contributed by atoms with Crippen molar-refractivity contribution >= 4 is 11.8 Å². The molecule has 0 aliphatic carbocycles. The van der Waals surface area contributed by atoms with Crippen molar-refractivity contribution in [1.29, 1.82) is 0 Å². The van der Waals surface area contributed by atoms with Crippen LogP contribution in [-0.4, -0.2) is 27.0 Å². The van der Waals surface area contributed by atoms with Crippen LogP contribution in [0.25, 0.3) is 0 Å². The summed E-state index contributed by atoms with van der Waals surface area (Å²) in [4.78, 5) is 19.3. The number of amidine groups is 1. The first-order chi connectivity index (χ1) is 6.07. The topological polar surface area (TPSA) is 113 Å². The van der Waals surface area contributed by atoms with Gasteiger partial charge in [0.25, 0.3) is 0 Å². The molecule has 0 saturated heterocycles. The monoisotopic (exact) mass is 190 g/mol. The van der Waals surface area contributed by atoms with E-state index in [0.717, 1.165) is 0 Å². The Morgan fingerprint density at radius 1 is 1.38 bits per heavy atom.